The van der Waals surface area contributed by atoms with Gasteiger partial charge in [-0.2, -0.15) is 0 Å². The third-order valence-corrected chi connectivity index (χ3v) is 5.76. The maximum absolute atomic E-state index is 13.1. The van der Waals surface area contributed by atoms with E-state index in [1.54, 1.807) is 11.8 Å². The number of nitrogens with zero attached hydrogens (tertiary/aromatic N) is 1. The van der Waals surface area contributed by atoms with Crippen LogP contribution in [0.4, 0.5) is 0 Å². The fourth-order valence-electron chi connectivity index (χ4n) is 3.48. The molecule has 3 aromatic carbocycles. The highest BCUT2D eigenvalue weighted by Gasteiger charge is 2.20. The molecule has 2 heterocycles. The first-order valence-corrected chi connectivity index (χ1v) is 9.11. The standard InChI is InChI=1S/C22H15NOS/c24-22-16(13-15-7-2-1-3-8-15)14-23-18-10-4-5-11-19(18)25-20-12-6-9-17(22)21(20)23/h1-12,14H,13H2. The molecule has 0 spiro atoms. The SMILES string of the molecule is O=c1c(Cc2ccccc2)cn2c3c(cccc13)Sc1ccccc1-2. The second-order valence-corrected chi connectivity index (χ2v) is 7.32. The number of rotatable bonds is 2. The molecule has 120 valence electrons. The van der Waals surface area contributed by atoms with Gasteiger partial charge in [0, 0.05) is 33.4 Å². The van der Waals surface area contributed by atoms with Crippen LogP contribution in [0.15, 0.2) is 93.6 Å². The first kappa shape index (κ1) is 14.6. The molecule has 0 amide bonds. The van der Waals surface area contributed by atoms with Crippen LogP contribution in [0.5, 0.6) is 0 Å². The van der Waals surface area contributed by atoms with E-state index in [0.717, 1.165) is 32.6 Å². The molecule has 2 nitrogen and oxygen atoms in total. The summed E-state index contributed by atoms with van der Waals surface area (Å²) >= 11 is 1.73. The van der Waals surface area contributed by atoms with Gasteiger partial charge in [0.2, 0.25) is 0 Å². The first-order chi connectivity index (χ1) is 12.3. The minimum Gasteiger partial charge on any atom is -0.314 e. The lowest BCUT2D eigenvalue weighted by atomic mass is 10.0. The summed E-state index contributed by atoms with van der Waals surface area (Å²) in [5, 5.41) is 0.799. The van der Waals surface area contributed by atoms with Crippen LogP contribution in [0.1, 0.15) is 11.1 Å². The number of benzene rings is 3. The van der Waals surface area contributed by atoms with E-state index < -0.39 is 0 Å². The van der Waals surface area contributed by atoms with Crippen LogP contribution in [0.3, 0.4) is 0 Å². The average molecular weight is 341 g/mol. The van der Waals surface area contributed by atoms with E-state index in [9.17, 15) is 4.79 Å². The number of pyridine rings is 1. The van der Waals surface area contributed by atoms with Crippen LogP contribution in [-0.2, 0) is 6.42 Å². The predicted molar refractivity (Wildman–Crippen MR) is 103 cm³/mol. The van der Waals surface area contributed by atoms with Crippen molar-refractivity contribution in [3.05, 3.63) is 100 Å². The van der Waals surface area contributed by atoms with E-state index in [1.807, 2.05) is 42.6 Å². The van der Waals surface area contributed by atoms with Gasteiger partial charge in [-0.05, 0) is 29.8 Å². The van der Waals surface area contributed by atoms with Crippen molar-refractivity contribution in [1.82, 2.24) is 4.57 Å². The minimum absolute atomic E-state index is 0.136. The fourth-order valence-corrected chi connectivity index (χ4v) is 4.59. The van der Waals surface area contributed by atoms with Gasteiger partial charge < -0.3 is 4.57 Å². The molecule has 25 heavy (non-hydrogen) atoms. The quantitative estimate of drug-likeness (QED) is 0.448. The normalized spacial score (nSPS) is 12.2. The van der Waals surface area contributed by atoms with Crippen molar-refractivity contribution in [2.24, 2.45) is 0 Å². The van der Waals surface area contributed by atoms with Gasteiger partial charge in [0.05, 0.1) is 11.2 Å². The van der Waals surface area contributed by atoms with Gasteiger partial charge in [0.15, 0.2) is 5.43 Å². The number of hydrogen-bond acceptors (Lipinski definition) is 2. The summed E-state index contributed by atoms with van der Waals surface area (Å²) in [5.41, 5.74) is 4.29. The van der Waals surface area contributed by atoms with E-state index in [4.69, 9.17) is 0 Å². The van der Waals surface area contributed by atoms with Crippen LogP contribution >= 0.6 is 11.8 Å². The third kappa shape index (κ3) is 2.31. The largest absolute Gasteiger partial charge is 0.314 e. The molecule has 4 aromatic rings. The summed E-state index contributed by atoms with van der Waals surface area (Å²) in [6.45, 7) is 0. The summed E-state index contributed by atoms with van der Waals surface area (Å²) in [5.74, 6) is 0. The Morgan fingerprint density at radius 3 is 2.44 bits per heavy atom. The summed E-state index contributed by atoms with van der Waals surface area (Å²) in [6, 6.07) is 24.6. The smallest absolute Gasteiger partial charge is 0.192 e. The van der Waals surface area contributed by atoms with E-state index in [0.29, 0.717) is 6.42 Å². The van der Waals surface area contributed by atoms with Crippen molar-refractivity contribution in [1.29, 1.82) is 0 Å². The van der Waals surface area contributed by atoms with Crippen LogP contribution in [0.25, 0.3) is 16.6 Å². The van der Waals surface area contributed by atoms with E-state index in [2.05, 4.69) is 41.0 Å². The molecular weight excluding hydrogens is 326 g/mol. The fraction of sp³-hybridized carbons (Fsp3) is 0.0455. The molecular formula is C22H15NOS. The Bertz CT molecular complexity index is 1160. The molecule has 0 fully saturated rings. The molecule has 0 unspecified atom stereocenters. The summed E-state index contributed by atoms with van der Waals surface area (Å²) < 4.78 is 2.19. The van der Waals surface area contributed by atoms with Gasteiger partial charge >= 0.3 is 0 Å². The zero-order valence-electron chi connectivity index (χ0n) is 13.5. The second kappa shape index (κ2) is 5.64. The molecule has 3 heteroatoms. The number of fused-ring (bicyclic) bond motifs is 2. The Labute approximate surface area is 149 Å². The molecule has 0 N–H and O–H groups in total. The number of para-hydroxylation sites is 2. The van der Waals surface area contributed by atoms with Gasteiger partial charge in [0.1, 0.15) is 0 Å². The third-order valence-electron chi connectivity index (χ3n) is 4.64. The Morgan fingerprint density at radius 1 is 0.800 bits per heavy atom. The van der Waals surface area contributed by atoms with E-state index >= 15 is 0 Å². The van der Waals surface area contributed by atoms with Gasteiger partial charge in [0.25, 0.3) is 0 Å². The lowest BCUT2D eigenvalue weighted by Gasteiger charge is -2.23. The molecule has 0 saturated carbocycles. The average Bonchev–Trinajstić information content (AvgIpc) is 2.66. The van der Waals surface area contributed by atoms with E-state index in [-0.39, 0.29) is 5.43 Å². The van der Waals surface area contributed by atoms with Crippen LogP contribution < -0.4 is 5.43 Å². The highest BCUT2D eigenvalue weighted by Crippen LogP contribution is 2.41. The summed E-state index contributed by atoms with van der Waals surface area (Å²) in [6.07, 6.45) is 2.68. The predicted octanol–water partition coefficient (Wildman–Crippen LogP) is 5.05. The van der Waals surface area contributed by atoms with Crippen molar-refractivity contribution in [3.8, 4) is 5.69 Å². The molecule has 0 aliphatic carbocycles. The maximum atomic E-state index is 13.1. The molecule has 0 radical (unpaired) electrons. The lowest BCUT2D eigenvalue weighted by molar-refractivity contribution is 0.996. The highest BCUT2D eigenvalue weighted by atomic mass is 32.2. The minimum atomic E-state index is 0.136. The second-order valence-electron chi connectivity index (χ2n) is 6.24. The van der Waals surface area contributed by atoms with Crippen molar-refractivity contribution in [3.63, 3.8) is 0 Å². The monoisotopic (exact) mass is 341 g/mol. The van der Waals surface area contributed by atoms with Crippen molar-refractivity contribution < 1.29 is 0 Å². The zero-order chi connectivity index (χ0) is 16.8. The molecule has 1 aliphatic heterocycles. The molecule has 1 aliphatic rings. The van der Waals surface area contributed by atoms with Gasteiger partial charge in [-0.3, -0.25) is 4.79 Å². The molecule has 0 atom stereocenters. The van der Waals surface area contributed by atoms with Crippen molar-refractivity contribution >= 4 is 22.7 Å². The van der Waals surface area contributed by atoms with Gasteiger partial charge in [-0.15, -0.1) is 0 Å². The maximum Gasteiger partial charge on any atom is 0.192 e. The van der Waals surface area contributed by atoms with Crippen LogP contribution in [0.2, 0.25) is 0 Å². The lowest BCUT2D eigenvalue weighted by Crippen LogP contribution is -2.16. The van der Waals surface area contributed by atoms with Crippen LogP contribution in [0, 0.1) is 0 Å². The van der Waals surface area contributed by atoms with Gasteiger partial charge in [-0.25, -0.2) is 0 Å². The number of hydrogen-bond donors (Lipinski definition) is 0. The Kier molecular flexibility index (Phi) is 3.28. The summed E-state index contributed by atoms with van der Waals surface area (Å²) in [7, 11) is 0. The molecule has 0 saturated heterocycles. The number of aromatic nitrogens is 1. The molecule has 5 rings (SSSR count). The van der Waals surface area contributed by atoms with E-state index in [1.165, 1.54) is 4.90 Å². The van der Waals surface area contributed by atoms with Gasteiger partial charge in [-0.1, -0.05) is 60.3 Å². The highest BCUT2D eigenvalue weighted by molar-refractivity contribution is 7.99. The molecule has 0 bridgehead atoms. The first-order valence-electron chi connectivity index (χ1n) is 8.30. The molecule has 1 aromatic heterocycles. The Hall–Kier alpha value is -2.78. The van der Waals surface area contributed by atoms with Crippen LogP contribution in [-0.4, -0.2) is 4.57 Å². The van der Waals surface area contributed by atoms with Crippen molar-refractivity contribution in [2.45, 2.75) is 16.2 Å². The van der Waals surface area contributed by atoms with Crippen molar-refractivity contribution in [2.75, 3.05) is 0 Å². The zero-order valence-corrected chi connectivity index (χ0v) is 14.3. The Morgan fingerprint density at radius 2 is 1.56 bits per heavy atom. The summed E-state index contributed by atoms with van der Waals surface area (Å²) in [4.78, 5) is 15.4. The topological polar surface area (TPSA) is 22.0 Å². The Balaban J connectivity index is 1.81.